The van der Waals surface area contributed by atoms with Gasteiger partial charge in [-0.3, -0.25) is 14.7 Å². The van der Waals surface area contributed by atoms with E-state index in [0.29, 0.717) is 24.6 Å². The normalized spacial score (nSPS) is 25.1. The number of rotatable bonds is 6. The molecule has 2 saturated heterocycles. The number of carbonyl (C=O) groups excluding carboxylic acids is 1. The smallest absolute Gasteiger partial charge is 0.313 e. The van der Waals surface area contributed by atoms with Gasteiger partial charge in [0.05, 0.1) is 12.0 Å². The van der Waals surface area contributed by atoms with Crippen LogP contribution in [0.15, 0.2) is 24.3 Å². The average Bonchev–Trinajstić information content (AvgIpc) is 3.23. The molecule has 0 saturated carbocycles. The third-order valence-corrected chi connectivity index (χ3v) is 7.16. The van der Waals surface area contributed by atoms with Gasteiger partial charge in [0, 0.05) is 36.7 Å². The fourth-order valence-electron chi connectivity index (χ4n) is 5.09. The van der Waals surface area contributed by atoms with E-state index in [0.717, 1.165) is 62.7 Å². The number of H-pyrrole nitrogens is 1. The van der Waals surface area contributed by atoms with Crippen molar-refractivity contribution in [2.45, 2.75) is 58.0 Å². The first kappa shape index (κ1) is 22.9. The standard InChI is InChI=1S/C23H33ClN6O2/c1-3-32-20(31)23(2)11-8-19(14-16-4-6-17(24)7-5-16)30(15-23)18-9-12-29(13-10-18)22-26-21(25)27-28-22/h4-7,18-19H,3,8-15H2,1-2H3,(H3,25,26,27,28). The van der Waals surface area contributed by atoms with Gasteiger partial charge < -0.3 is 15.4 Å². The van der Waals surface area contributed by atoms with Crippen LogP contribution in [-0.2, 0) is 16.0 Å². The summed E-state index contributed by atoms with van der Waals surface area (Å²) < 4.78 is 5.44. The Balaban J connectivity index is 1.49. The van der Waals surface area contributed by atoms with E-state index in [1.165, 1.54) is 5.56 Å². The van der Waals surface area contributed by atoms with Gasteiger partial charge in [0.25, 0.3) is 0 Å². The molecule has 2 aliphatic rings. The summed E-state index contributed by atoms with van der Waals surface area (Å²) in [5.41, 5.74) is 6.50. The van der Waals surface area contributed by atoms with Crippen molar-refractivity contribution in [3.8, 4) is 0 Å². The van der Waals surface area contributed by atoms with Crippen molar-refractivity contribution >= 4 is 29.5 Å². The zero-order chi connectivity index (χ0) is 22.7. The molecule has 1 aromatic heterocycles. The molecule has 9 heteroatoms. The van der Waals surface area contributed by atoms with E-state index < -0.39 is 5.41 Å². The quantitative estimate of drug-likeness (QED) is 0.638. The fraction of sp³-hybridized carbons (Fsp3) is 0.609. The van der Waals surface area contributed by atoms with Crippen molar-refractivity contribution in [3.05, 3.63) is 34.9 Å². The number of nitrogens with one attached hydrogen (secondary N) is 1. The van der Waals surface area contributed by atoms with Gasteiger partial charge in [-0.05, 0) is 63.6 Å². The second-order valence-electron chi connectivity index (χ2n) is 9.23. The molecule has 3 N–H and O–H groups in total. The molecule has 174 valence electrons. The molecule has 2 aliphatic heterocycles. The van der Waals surface area contributed by atoms with Crippen LogP contribution >= 0.6 is 11.6 Å². The van der Waals surface area contributed by atoms with Crippen molar-refractivity contribution in [2.75, 3.05) is 36.9 Å². The van der Waals surface area contributed by atoms with E-state index >= 15 is 0 Å². The van der Waals surface area contributed by atoms with Crippen molar-refractivity contribution in [2.24, 2.45) is 5.41 Å². The number of aromatic nitrogens is 3. The third-order valence-electron chi connectivity index (χ3n) is 6.91. The number of halogens is 1. The number of esters is 1. The van der Waals surface area contributed by atoms with E-state index in [4.69, 9.17) is 22.1 Å². The topological polar surface area (TPSA) is 100 Å². The highest BCUT2D eigenvalue weighted by molar-refractivity contribution is 6.30. The minimum absolute atomic E-state index is 0.0792. The van der Waals surface area contributed by atoms with Gasteiger partial charge in [0.1, 0.15) is 0 Å². The summed E-state index contributed by atoms with van der Waals surface area (Å²) in [6.45, 7) is 6.82. The Morgan fingerprint density at radius 3 is 2.59 bits per heavy atom. The Bertz CT molecular complexity index is 911. The maximum atomic E-state index is 12.8. The van der Waals surface area contributed by atoms with Crippen LogP contribution in [0.2, 0.25) is 5.02 Å². The summed E-state index contributed by atoms with van der Waals surface area (Å²) >= 11 is 6.09. The van der Waals surface area contributed by atoms with Crippen LogP contribution in [-0.4, -0.2) is 64.4 Å². The zero-order valence-electron chi connectivity index (χ0n) is 18.9. The number of likely N-dealkylation sites (tertiary alicyclic amines) is 1. The predicted molar refractivity (Wildman–Crippen MR) is 126 cm³/mol. The molecular formula is C23H33ClN6O2. The van der Waals surface area contributed by atoms with Gasteiger partial charge in [-0.2, -0.15) is 0 Å². The number of nitrogens with two attached hydrogens (primary N) is 1. The first-order valence-electron chi connectivity index (χ1n) is 11.5. The number of piperidine rings is 2. The Morgan fingerprint density at radius 2 is 1.97 bits per heavy atom. The van der Waals surface area contributed by atoms with Gasteiger partial charge >= 0.3 is 5.97 Å². The van der Waals surface area contributed by atoms with E-state index in [9.17, 15) is 4.79 Å². The molecule has 2 aromatic rings. The number of anilines is 2. The minimum atomic E-state index is -0.469. The Labute approximate surface area is 194 Å². The lowest BCUT2D eigenvalue weighted by Gasteiger charge is -2.49. The van der Waals surface area contributed by atoms with Gasteiger partial charge in [0.2, 0.25) is 11.9 Å². The zero-order valence-corrected chi connectivity index (χ0v) is 19.6. The lowest BCUT2D eigenvalue weighted by atomic mass is 9.77. The Hall–Kier alpha value is -2.32. The number of carbonyl (C=O) groups is 1. The molecular weight excluding hydrogens is 428 g/mol. The average molecular weight is 461 g/mol. The van der Waals surface area contributed by atoms with Gasteiger partial charge in [-0.1, -0.05) is 23.7 Å². The van der Waals surface area contributed by atoms with Crippen LogP contribution < -0.4 is 10.6 Å². The predicted octanol–water partition coefficient (Wildman–Crippen LogP) is 3.29. The first-order valence-corrected chi connectivity index (χ1v) is 11.9. The van der Waals surface area contributed by atoms with Crippen LogP contribution in [0.4, 0.5) is 11.9 Å². The molecule has 3 heterocycles. The highest BCUT2D eigenvalue weighted by Crippen LogP contribution is 2.38. The molecule has 2 unspecified atom stereocenters. The summed E-state index contributed by atoms with van der Waals surface area (Å²) in [5.74, 6) is 0.990. The summed E-state index contributed by atoms with van der Waals surface area (Å²) in [6, 6.07) is 8.91. The highest BCUT2D eigenvalue weighted by Gasteiger charge is 2.45. The number of hydrogen-bond acceptors (Lipinski definition) is 7. The van der Waals surface area contributed by atoms with Gasteiger partial charge in [-0.25, -0.2) is 0 Å². The minimum Gasteiger partial charge on any atom is -0.466 e. The maximum Gasteiger partial charge on any atom is 0.313 e. The van der Waals surface area contributed by atoms with Crippen LogP contribution in [0.1, 0.15) is 45.1 Å². The number of benzene rings is 1. The number of nitrogen functional groups attached to an aromatic ring is 1. The molecule has 0 spiro atoms. The van der Waals surface area contributed by atoms with E-state index in [-0.39, 0.29) is 5.97 Å². The van der Waals surface area contributed by atoms with Crippen molar-refractivity contribution in [1.82, 2.24) is 20.1 Å². The SMILES string of the molecule is CCOC(=O)C1(C)CCC(Cc2ccc(Cl)cc2)N(C2CCN(c3nnc(N)[nH]3)CC2)C1. The number of aromatic amines is 1. The highest BCUT2D eigenvalue weighted by atomic mass is 35.5. The van der Waals surface area contributed by atoms with Crippen molar-refractivity contribution in [1.29, 1.82) is 0 Å². The second kappa shape index (κ2) is 9.67. The molecule has 0 aliphatic carbocycles. The largest absolute Gasteiger partial charge is 0.466 e. The Kier molecular flexibility index (Phi) is 6.90. The summed E-state index contributed by atoms with van der Waals surface area (Å²) in [4.78, 5) is 20.6. The van der Waals surface area contributed by atoms with Crippen LogP contribution in [0.3, 0.4) is 0 Å². The van der Waals surface area contributed by atoms with Gasteiger partial charge in [0.15, 0.2) is 0 Å². The Morgan fingerprint density at radius 1 is 1.25 bits per heavy atom. The molecule has 4 rings (SSSR count). The second-order valence-corrected chi connectivity index (χ2v) is 9.67. The molecule has 32 heavy (non-hydrogen) atoms. The van der Waals surface area contributed by atoms with E-state index in [2.05, 4.69) is 44.0 Å². The van der Waals surface area contributed by atoms with Crippen LogP contribution in [0, 0.1) is 5.41 Å². The molecule has 2 fully saturated rings. The molecule has 0 bridgehead atoms. The van der Waals surface area contributed by atoms with E-state index in [1.807, 2.05) is 19.1 Å². The maximum absolute atomic E-state index is 12.8. The monoisotopic (exact) mass is 460 g/mol. The molecule has 0 amide bonds. The lowest BCUT2D eigenvalue weighted by Crippen LogP contribution is -2.57. The third kappa shape index (κ3) is 5.02. The van der Waals surface area contributed by atoms with Crippen molar-refractivity contribution < 1.29 is 9.53 Å². The van der Waals surface area contributed by atoms with Crippen LogP contribution in [0.5, 0.6) is 0 Å². The van der Waals surface area contributed by atoms with Crippen molar-refractivity contribution in [3.63, 3.8) is 0 Å². The number of nitrogens with zero attached hydrogens (tertiary/aromatic N) is 4. The van der Waals surface area contributed by atoms with E-state index in [1.54, 1.807) is 0 Å². The summed E-state index contributed by atoms with van der Waals surface area (Å²) in [6.07, 6.45) is 4.76. The molecule has 8 nitrogen and oxygen atoms in total. The summed E-state index contributed by atoms with van der Waals surface area (Å²) in [7, 11) is 0. The fourth-order valence-corrected chi connectivity index (χ4v) is 5.22. The summed E-state index contributed by atoms with van der Waals surface area (Å²) in [5, 5.41) is 8.77. The van der Waals surface area contributed by atoms with Gasteiger partial charge in [-0.15, -0.1) is 10.2 Å². The number of ether oxygens (including phenoxy) is 1. The lowest BCUT2D eigenvalue weighted by molar-refractivity contribution is -0.160. The molecule has 2 atom stereocenters. The first-order chi connectivity index (χ1) is 15.4. The van der Waals surface area contributed by atoms with Crippen LogP contribution in [0.25, 0.3) is 0 Å². The molecule has 1 aromatic carbocycles. The number of hydrogen-bond donors (Lipinski definition) is 2. The molecule has 0 radical (unpaired) electrons.